The summed E-state index contributed by atoms with van der Waals surface area (Å²) in [6.07, 6.45) is 81.8. The Morgan fingerprint density at radius 2 is 0.692 bits per heavy atom. The monoisotopic (exact) mass is 904 g/mol. The summed E-state index contributed by atoms with van der Waals surface area (Å²) in [5.41, 5.74) is 0. The SMILES string of the molecule is CC/C=C\C/C=C\C/C=C\C/C=C\CCCCCCCCCCCCC(=O)NC(CO)C(O)/C=C/CC/C=C/CC/C=C/CCCCCCCCCCCCCCCCCCCCCC. The van der Waals surface area contributed by atoms with Crippen LogP contribution in [-0.2, 0) is 4.79 Å². The van der Waals surface area contributed by atoms with Gasteiger partial charge in [-0.25, -0.2) is 0 Å². The lowest BCUT2D eigenvalue weighted by molar-refractivity contribution is -0.123. The van der Waals surface area contributed by atoms with Gasteiger partial charge >= 0.3 is 0 Å². The summed E-state index contributed by atoms with van der Waals surface area (Å²) in [7, 11) is 0. The minimum Gasteiger partial charge on any atom is -0.394 e. The number of aliphatic hydroxyl groups excluding tert-OH is 2. The van der Waals surface area contributed by atoms with Crippen LogP contribution in [0.4, 0.5) is 0 Å². The maximum atomic E-state index is 12.5. The summed E-state index contributed by atoms with van der Waals surface area (Å²) in [4.78, 5) is 12.5. The summed E-state index contributed by atoms with van der Waals surface area (Å²) in [5, 5.41) is 23.1. The lowest BCUT2D eigenvalue weighted by Crippen LogP contribution is -2.45. The average molecular weight is 905 g/mol. The zero-order valence-electron chi connectivity index (χ0n) is 43.2. The molecule has 0 aromatic carbocycles. The van der Waals surface area contributed by atoms with Gasteiger partial charge in [-0.05, 0) is 83.5 Å². The zero-order chi connectivity index (χ0) is 47.0. The average Bonchev–Trinajstić information content (AvgIpc) is 3.31. The van der Waals surface area contributed by atoms with E-state index in [1.165, 1.54) is 193 Å². The van der Waals surface area contributed by atoms with Gasteiger partial charge in [0.2, 0.25) is 5.91 Å². The fourth-order valence-corrected chi connectivity index (χ4v) is 8.32. The Kier molecular flexibility index (Phi) is 53.8. The van der Waals surface area contributed by atoms with Crippen LogP contribution in [0.25, 0.3) is 0 Å². The van der Waals surface area contributed by atoms with Crippen LogP contribution in [0.5, 0.6) is 0 Å². The Labute approximate surface area is 405 Å². The highest BCUT2D eigenvalue weighted by Crippen LogP contribution is 2.16. The third-order valence-electron chi connectivity index (χ3n) is 12.6. The second-order valence-corrected chi connectivity index (χ2v) is 19.0. The number of hydrogen-bond acceptors (Lipinski definition) is 3. The molecule has 3 N–H and O–H groups in total. The molecule has 0 aliphatic heterocycles. The van der Waals surface area contributed by atoms with Gasteiger partial charge in [0, 0.05) is 6.42 Å². The normalized spacial score (nSPS) is 13.5. The van der Waals surface area contributed by atoms with Gasteiger partial charge in [0.05, 0.1) is 18.8 Å². The molecule has 0 radical (unpaired) electrons. The molecule has 0 saturated carbocycles. The van der Waals surface area contributed by atoms with Crippen LogP contribution < -0.4 is 5.32 Å². The molecule has 0 aliphatic rings. The number of unbranched alkanes of at least 4 members (excludes halogenated alkanes) is 32. The van der Waals surface area contributed by atoms with E-state index >= 15 is 0 Å². The summed E-state index contributed by atoms with van der Waals surface area (Å²) in [6.45, 7) is 4.20. The second kappa shape index (κ2) is 55.9. The topological polar surface area (TPSA) is 69.6 Å². The lowest BCUT2D eigenvalue weighted by atomic mass is 10.0. The number of amides is 1. The first-order valence-electron chi connectivity index (χ1n) is 28.3. The fourth-order valence-electron chi connectivity index (χ4n) is 8.32. The van der Waals surface area contributed by atoms with Crippen LogP contribution in [0, 0.1) is 0 Å². The van der Waals surface area contributed by atoms with E-state index in [1.807, 2.05) is 6.08 Å². The molecular formula is C61H109NO3. The van der Waals surface area contributed by atoms with E-state index in [2.05, 4.69) is 92.1 Å². The molecule has 65 heavy (non-hydrogen) atoms. The van der Waals surface area contributed by atoms with Crippen molar-refractivity contribution in [2.24, 2.45) is 0 Å². The molecule has 0 rings (SSSR count). The number of hydrogen-bond donors (Lipinski definition) is 3. The molecule has 0 aliphatic carbocycles. The van der Waals surface area contributed by atoms with Crippen molar-refractivity contribution in [2.45, 2.75) is 289 Å². The molecule has 0 aromatic heterocycles. The molecular weight excluding hydrogens is 795 g/mol. The molecule has 0 aromatic rings. The Hall–Kier alpha value is -2.43. The molecule has 0 bridgehead atoms. The predicted molar refractivity (Wildman–Crippen MR) is 290 cm³/mol. The van der Waals surface area contributed by atoms with Crippen LogP contribution >= 0.6 is 0 Å². The third-order valence-corrected chi connectivity index (χ3v) is 12.6. The summed E-state index contributed by atoms with van der Waals surface area (Å²) in [5.74, 6) is -0.0838. The van der Waals surface area contributed by atoms with Crippen molar-refractivity contribution in [3.8, 4) is 0 Å². The third kappa shape index (κ3) is 52.4. The van der Waals surface area contributed by atoms with Crippen molar-refractivity contribution in [3.63, 3.8) is 0 Å². The van der Waals surface area contributed by atoms with Crippen molar-refractivity contribution in [1.29, 1.82) is 0 Å². The molecule has 0 saturated heterocycles. The minimum absolute atomic E-state index is 0.0838. The largest absolute Gasteiger partial charge is 0.394 e. The molecule has 0 spiro atoms. The van der Waals surface area contributed by atoms with Gasteiger partial charge in [-0.3, -0.25) is 4.79 Å². The Balaban J connectivity index is 3.58. The molecule has 376 valence electrons. The van der Waals surface area contributed by atoms with Gasteiger partial charge in [0.15, 0.2) is 0 Å². The lowest BCUT2D eigenvalue weighted by Gasteiger charge is -2.19. The first-order chi connectivity index (χ1) is 32.2. The molecule has 2 unspecified atom stereocenters. The van der Waals surface area contributed by atoms with Gasteiger partial charge in [0.25, 0.3) is 0 Å². The Morgan fingerprint density at radius 3 is 1.08 bits per heavy atom. The smallest absolute Gasteiger partial charge is 0.220 e. The predicted octanol–water partition coefficient (Wildman–Crippen LogP) is 18.8. The van der Waals surface area contributed by atoms with Crippen molar-refractivity contribution >= 4 is 5.91 Å². The summed E-state index contributed by atoms with van der Waals surface area (Å²) in [6, 6.07) is -0.654. The van der Waals surface area contributed by atoms with Gasteiger partial charge in [-0.1, -0.05) is 272 Å². The van der Waals surface area contributed by atoms with Crippen molar-refractivity contribution in [2.75, 3.05) is 6.61 Å². The van der Waals surface area contributed by atoms with E-state index < -0.39 is 12.1 Å². The van der Waals surface area contributed by atoms with Crippen LogP contribution in [0.2, 0.25) is 0 Å². The molecule has 4 nitrogen and oxygen atoms in total. The number of aliphatic hydroxyl groups is 2. The summed E-state index contributed by atoms with van der Waals surface area (Å²) >= 11 is 0. The molecule has 0 heterocycles. The highest BCUT2D eigenvalue weighted by Gasteiger charge is 2.18. The molecule has 2 atom stereocenters. The number of nitrogens with one attached hydrogen (secondary N) is 1. The van der Waals surface area contributed by atoms with Crippen LogP contribution in [-0.4, -0.2) is 34.9 Å². The molecule has 1 amide bonds. The first-order valence-corrected chi connectivity index (χ1v) is 28.3. The van der Waals surface area contributed by atoms with Gasteiger partial charge < -0.3 is 15.5 Å². The molecule has 0 fully saturated rings. The van der Waals surface area contributed by atoms with Gasteiger partial charge in [0.1, 0.15) is 0 Å². The van der Waals surface area contributed by atoms with Crippen molar-refractivity contribution in [3.05, 3.63) is 85.1 Å². The van der Waals surface area contributed by atoms with E-state index in [9.17, 15) is 15.0 Å². The van der Waals surface area contributed by atoms with Crippen LogP contribution in [0.3, 0.4) is 0 Å². The van der Waals surface area contributed by atoms with Crippen molar-refractivity contribution in [1.82, 2.24) is 5.32 Å². The minimum atomic E-state index is -0.878. The van der Waals surface area contributed by atoms with E-state index in [0.717, 1.165) is 64.2 Å². The maximum absolute atomic E-state index is 12.5. The zero-order valence-corrected chi connectivity index (χ0v) is 43.2. The summed E-state index contributed by atoms with van der Waals surface area (Å²) < 4.78 is 0. The fraction of sp³-hybridized carbons (Fsp3) is 0.754. The van der Waals surface area contributed by atoms with E-state index in [-0.39, 0.29) is 12.5 Å². The van der Waals surface area contributed by atoms with E-state index in [4.69, 9.17) is 0 Å². The first kappa shape index (κ1) is 62.6. The Bertz CT molecular complexity index is 1160. The highest BCUT2D eigenvalue weighted by molar-refractivity contribution is 5.76. The second-order valence-electron chi connectivity index (χ2n) is 19.0. The quantitative estimate of drug-likeness (QED) is 0.0421. The van der Waals surface area contributed by atoms with Crippen LogP contribution in [0.15, 0.2) is 85.1 Å². The van der Waals surface area contributed by atoms with Gasteiger partial charge in [-0.2, -0.15) is 0 Å². The van der Waals surface area contributed by atoms with Crippen molar-refractivity contribution < 1.29 is 15.0 Å². The molecule has 4 heteroatoms. The number of carbonyl (C=O) groups is 1. The van der Waals surface area contributed by atoms with E-state index in [0.29, 0.717) is 6.42 Å². The van der Waals surface area contributed by atoms with E-state index in [1.54, 1.807) is 6.08 Å². The highest BCUT2D eigenvalue weighted by atomic mass is 16.3. The number of rotatable bonds is 51. The standard InChI is InChI=1S/C61H109NO3/c1-3-5-7-9-11-13-15-17-19-21-23-25-27-28-29-30-31-32-33-35-36-38-40-42-44-46-48-50-52-54-56-60(64)59(58-63)62-61(65)57-55-53-51-49-47-45-43-41-39-37-34-26-24-22-20-18-16-14-12-10-8-6-4-2/h6,8,12,14,18,20,24,26,38,40,46,48,54,56,59-60,63-64H,3-5,7,9-11,13,15-17,19,21-23,25,27-37,39,41-45,47,49-53,55,57-58H2,1-2H3,(H,62,65)/b8-6-,14-12-,20-18-,26-24-,40-38+,48-46+,56-54+. The number of allylic oxidation sites excluding steroid dienone is 13. The number of carbonyl (C=O) groups excluding carboxylic acids is 1. The van der Waals surface area contributed by atoms with Crippen LogP contribution in [0.1, 0.15) is 277 Å². The Morgan fingerprint density at radius 1 is 0.385 bits per heavy atom. The van der Waals surface area contributed by atoms with Gasteiger partial charge in [-0.15, -0.1) is 0 Å². The maximum Gasteiger partial charge on any atom is 0.220 e.